The van der Waals surface area contributed by atoms with Gasteiger partial charge in [0.05, 0.1) is 16.1 Å². The van der Waals surface area contributed by atoms with Gasteiger partial charge in [0, 0.05) is 6.42 Å². The van der Waals surface area contributed by atoms with Crippen molar-refractivity contribution in [3.05, 3.63) is 26.4 Å². The Balaban J connectivity index is 3.04. The zero-order valence-electron chi connectivity index (χ0n) is 8.84. The fourth-order valence-electron chi connectivity index (χ4n) is 1.26. The van der Waals surface area contributed by atoms with Gasteiger partial charge in [0.2, 0.25) is 0 Å². The number of ether oxygens (including phenoxy) is 1. The first-order valence-corrected chi connectivity index (χ1v) is 6.15. The number of rotatable bonds is 3. The normalized spacial score (nSPS) is 12.3. The molecule has 0 bridgehead atoms. The molecule has 4 nitrogen and oxygen atoms in total. The average Bonchev–Trinajstić information content (AvgIpc) is 2.32. The highest BCUT2D eigenvalue weighted by molar-refractivity contribution is 9.11. The summed E-state index contributed by atoms with van der Waals surface area (Å²) >= 11 is 5.91. The van der Waals surface area contributed by atoms with Crippen molar-refractivity contribution < 1.29 is 19.0 Å². The Morgan fingerprint density at radius 3 is 2.76 bits per heavy atom. The second-order valence-corrected chi connectivity index (χ2v) is 4.98. The van der Waals surface area contributed by atoms with E-state index < -0.39 is 17.8 Å². The maximum absolute atomic E-state index is 13.4. The molecule has 7 heteroatoms. The maximum Gasteiger partial charge on any atom is 0.322 e. The highest BCUT2D eigenvalue weighted by Gasteiger charge is 2.20. The summed E-state index contributed by atoms with van der Waals surface area (Å²) in [4.78, 5) is 11.1. The van der Waals surface area contributed by atoms with E-state index in [1.807, 2.05) is 0 Å². The zero-order valence-corrected chi connectivity index (χ0v) is 12.0. The Morgan fingerprint density at radius 1 is 1.65 bits per heavy atom. The predicted molar refractivity (Wildman–Crippen MR) is 67.2 cm³/mol. The lowest BCUT2D eigenvalue weighted by Crippen LogP contribution is -2.33. The number of aromatic hydroxyl groups is 1. The van der Waals surface area contributed by atoms with Gasteiger partial charge in [-0.05, 0) is 43.5 Å². The number of phenolic OH excluding ortho intramolecular Hbond substituents is 1. The Kier molecular flexibility index (Phi) is 4.91. The van der Waals surface area contributed by atoms with E-state index in [0.29, 0.717) is 5.56 Å². The van der Waals surface area contributed by atoms with E-state index >= 15 is 0 Å². The van der Waals surface area contributed by atoms with E-state index in [0.717, 1.165) is 0 Å². The Bertz CT molecular complexity index is 454. The number of methoxy groups -OCH3 is 1. The molecule has 0 spiro atoms. The molecule has 94 valence electrons. The van der Waals surface area contributed by atoms with Crippen molar-refractivity contribution in [2.45, 2.75) is 12.5 Å². The van der Waals surface area contributed by atoms with Crippen molar-refractivity contribution in [3.8, 4) is 5.75 Å². The van der Waals surface area contributed by atoms with Crippen LogP contribution in [0.15, 0.2) is 15.0 Å². The number of halogens is 3. The second-order valence-electron chi connectivity index (χ2n) is 3.33. The molecule has 0 saturated heterocycles. The van der Waals surface area contributed by atoms with E-state index in [-0.39, 0.29) is 21.1 Å². The van der Waals surface area contributed by atoms with Gasteiger partial charge in [-0.25, -0.2) is 4.39 Å². The van der Waals surface area contributed by atoms with Crippen LogP contribution in [-0.2, 0) is 16.0 Å². The van der Waals surface area contributed by atoms with Crippen molar-refractivity contribution in [3.63, 3.8) is 0 Å². The summed E-state index contributed by atoms with van der Waals surface area (Å²) in [6.07, 6.45) is 0.0516. The molecule has 1 aromatic rings. The quantitative estimate of drug-likeness (QED) is 0.631. The number of esters is 1. The van der Waals surface area contributed by atoms with Crippen molar-refractivity contribution >= 4 is 37.8 Å². The smallest absolute Gasteiger partial charge is 0.322 e. The summed E-state index contributed by atoms with van der Waals surface area (Å²) in [6.45, 7) is 0. The van der Waals surface area contributed by atoms with Crippen LogP contribution in [0.3, 0.4) is 0 Å². The largest absolute Gasteiger partial charge is 0.506 e. The molecule has 1 aromatic carbocycles. The lowest BCUT2D eigenvalue weighted by atomic mass is 10.1. The molecule has 0 saturated carbocycles. The average molecular weight is 371 g/mol. The first-order chi connectivity index (χ1) is 7.88. The molecule has 0 radical (unpaired) electrons. The van der Waals surface area contributed by atoms with Gasteiger partial charge in [-0.1, -0.05) is 0 Å². The minimum Gasteiger partial charge on any atom is -0.506 e. The second kappa shape index (κ2) is 5.79. The van der Waals surface area contributed by atoms with Crippen LogP contribution in [0.25, 0.3) is 0 Å². The van der Waals surface area contributed by atoms with Gasteiger partial charge in [-0.3, -0.25) is 4.79 Å². The van der Waals surface area contributed by atoms with E-state index in [2.05, 4.69) is 36.6 Å². The molecule has 0 aromatic heterocycles. The molecule has 0 aliphatic rings. The number of nitrogens with two attached hydrogens (primary N) is 1. The van der Waals surface area contributed by atoms with Crippen LogP contribution >= 0.6 is 31.9 Å². The maximum atomic E-state index is 13.4. The molecule has 0 aliphatic carbocycles. The summed E-state index contributed by atoms with van der Waals surface area (Å²) in [6, 6.07) is 0.466. The third-order valence-corrected chi connectivity index (χ3v) is 3.46. The van der Waals surface area contributed by atoms with Crippen LogP contribution < -0.4 is 5.73 Å². The standard InChI is InChI=1S/C10H10Br2FNO3/c1-17-10(16)6(14)3-4-2-5(11)8(13)7(12)9(4)15/h2,6,15H,3,14H2,1H3. The Labute approximate surface area is 114 Å². The minimum atomic E-state index is -0.907. The Morgan fingerprint density at radius 2 is 2.24 bits per heavy atom. The molecule has 1 unspecified atom stereocenters. The summed E-state index contributed by atoms with van der Waals surface area (Å²) < 4.78 is 17.9. The highest BCUT2D eigenvalue weighted by atomic mass is 79.9. The monoisotopic (exact) mass is 369 g/mol. The van der Waals surface area contributed by atoms with Crippen LogP contribution in [0.2, 0.25) is 0 Å². The first kappa shape index (κ1) is 14.4. The third kappa shape index (κ3) is 3.17. The summed E-state index contributed by atoms with van der Waals surface area (Å²) in [5.74, 6) is -1.48. The van der Waals surface area contributed by atoms with Gasteiger partial charge in [-0.15, -0.1) is 0 Å². The molecular formula is C10H10Br2FNO3. The van der Waals surface area contributed by atoms with Crippen molar-refractivity contribution in [2.75, 3.05) is 7.11 Å². The van der Waals surface area contributed by atoms with Crippen molar-refractivity contribution in [2.24, 2.45) is 5.73 Å². The molecule has 0 heterocycles. The zero-order chi connectivity index (χ0) is 13.2. The number of carbonyl (C=O) groups excluding carboxylic acids is 1. The SMILES string of the molecule is COC(=O)C(N)Cc1cc(Br)c(F)c(Br)c1O. The van der Waals surface area contributed by atoms with Crippen LogP contribution in [0.1, 0.15) is 5.56 Å². The van der Waals surface area contributed by atoms with Gasteiger partial charge in [0.25, 0.3) is 0 Å². The number of benzene rings is 1. The lowest BCUT2D eigenvalue weighted by Gasteiger charge is -2.12. The van der Waals surface area contributed by atoms with Crippen LogP contribution in [0, 0.1) is 5.82 Å². The number of hydrogen-bond donors (Lipinski definition) is 2. The van der Waals surface area contributed by atoms with E-state index in [4.69, 9.17) is 5.73 Å². The molecule has 0 aliphatic heterocycles. The molecule has 0 amide bonds. The summed E-state index contributed by atoms with van der Waals surface area (Å²) in [5, 5.41) is 9.69. The number of phenols is 1. The summed E-state index contributed by atoms with van der Waals surface area (Å²) in [5.41, 5.74) is 5.91. The molecule has 3 N–H and O–H groups in total. The third-order valence-electron chi connectivity index (χ3n) is 2.16. The highest BCUT2D eigenvalue weighted by Crippen LogP contribution is 2.35. The van der Waals surface area contributed by atoms with E-state index in [1.165, 1.54) is 13.2 Å². The van der Waals surface area contributed by atoms with E-state index in [9.17, 15) is 14.3 Å². The molecule has 17 heavy (non-hydrogen) atoms. The Hall–Kier alpha value is -0.660. The fraction of sp³-hybridized carbons (Fsp3) is 0.300. The number of hydrogen-bond acceptors (Lipinski definition) is 4. The van der Waals surface area contributed by atoms with Crippen LogP contribution in [0.4, 0.5) is 4.39 Å². The van der Waals surface area contributed by atoms with E-state index in [1.54, 1.807) is 0 Å². The number of carbonyl (C=O) groups is 1. The van der Waals surface area contributed by atoms with Gasteiger partial charge in [-0.2, -0.15) is 0 Å². The van der Waals surface area contributed by atoms with Gasteiger partial charge < -0.3 is 15.6 Å². The molecular weight excluding hydrogens is 361 g/mol. The van der Waals surface area contributed by atoms with Crippen LogP contribution in [0.5, 0.6) is 5.75 Å². The predicted octanol–water partition coefficient (Wildman–Crippen LogP) is 2.10. The first-order valence-electron chi connectivity index (χ1n) is 4.57. The molecule has 1 atom stereocenters. The van der Waals surface area contributed by atoms with Crippen molar-refractivity contribution in [1.29, 1.82) is 0 Å². The minimum absolute atomic E-state index is 0.0516. The lowest BCUT2D eigenvalue weighted by molar-refractivity contribution is -0.142. The molecule has 0 fully saturated rings. The van der Waals surface area contributed by atoms with Gasteiger partial charge in [0.15, 0.2) is 5.82 Å². The fourth-order valence-corrected chi connectivity index (χ4v) is 2.47. The topological polar surface area (TPSA) is 72.5 Å². The van der Waals surface area contributed by atoms with Crippen molar-refractivity contribution in [1.82, 2.24) is 0 Å². The summed E-state index contributed by atoms with van der Waals surface area (Å²) in [7, 11) is 1.22. The molecule has 1 rings (SSSR count). The van der Waals surface area contributed by atoms with Gasteiger partial charge >= 0.3 is 5.97 Å². The van der Waals surface area contributed by atoms with Crippen LogP contribution in [-0.4, -0.2) is 24.2 Å². The van der Waals surface area contributed by atoms with Gasteiger partial charge in [0.1, 0.15) is 11.8 Å².